The van der Waals surface area contributed by atoms with Crippen LogP contribution in [0, 0.1) is 0 Å². The predicted molar refractivity (Wildman–Crippen MR) is 66.5 cm³/mol. The minimum atomic E-state index is -0.834. The van der Waals surface area contributed by atoms with Crippen molar-refractivity contribution >= 4 is 22.9 Å². The standard InChI is InChI=1S/C14H13NO2/c1-2-5-11-8-9-15(10-14(16)17)13-7-4-3-6-12(11)13/h2-9H,10H2,1H3/p+1. The summed E-state index contributed by atoms with van der Waals surface area (Å²) in [5, 5.41) is 9.93. The number of rotatable bonds is 3. The molecule has 3 heteroatoms. The molecule has 1 heterocycles. The van der Waals surface area contributed by atoms with E-state index >= 15 is 0 Å². The van der Waals surface area contributed by atoms with Gasteiger partial charge in [0.05, 0.1) is 5.39 Å². The normalized spacial score (nSPS) is 11.1. The topological polar surface area (TPSA) is 41.2 Å². The zero-order valence-corrected chi connectivity index (χ0v) is 9.63. The van der Waals surface area contributed by atoms with Crippen molar-refractivity contribution in [2.45, 2.75) is 13.5 Å². The molecule has 0 aliphatic rings. The first-order valence-electron chi connectivity index (χ1n) is 5.48. The van der Waals surface area contributed by atoms with Crippen molar-refractivity contribution in [2.75, 3.05) is 0 Å². The van der Waals surface area contributed by atoms with E-state index in [-0.39, 0.29) is 6.54 Å². The molecule has 1 aromatic carbocycles. The summed E-state index contributed by atoms with van der Waals surface area (Å²) < 4.78 is 1.74. The van der Waals surface area contributed by atoms with Gasteiger partial charge in [0, 0.05) is 12.1 Å². The fourth-order valence-electron chi connectivity index (χ4n) is 1.92. The molecule has 0 spiro atoms. The number of nitrogens with zero attached hydrogens (tertiary/aromatic N) is 1. The molecule has 0 bridgehead atoms. The summed E-state index contributed by atoms with van der Waals surface area (Å²) in [4.78, 5) is 10.8. The molecule has 17 heavy (non-hydrogen) atoms. The third kappa shape index (κ3) is 2.33. The van der Waals surface area contributed by atoms with Crippen LogP contribution in [-0.4, -0.2) is 11.1 Å². The lowest BCUT2D eigenvalue weighted by Gasteiger charge is -2.02. The summed E-state index contributed by atoms with van der Waals surface area (Å²) in [6, 6.07) is 9.75. The maximum absolute atomic E-state index is 10.8. The van der Waals surface area contributed by atoms with Gasteiger partial charge in [-0.1, -0.05) is 24.3 Å². The zero-order valence-electron chi connectivity index (χ0n) is 9.63. The van der Waals surface area contributed by atoms with E-state index in [9.17, 15) is 4.79 Å². The Morgan fingerprint density at radius 3 is 2.82 bits per heavy atom. The summed E-state index contributed by atoms with van der Waals surface area (Å²) in [5.74, 6) is -0.834. The average Bonchev–Trinajstić information content (AvgIpc) is 2.32. The van der Waals surface area contributed by atoms with Gasteiger partial charge in [0.2, 0.25) is 12.1 Å². The maximum Gasteiger partial charge on any atom is 0.370 e. The van der Waals surface area contributed by atoms with Crippen LogP contribution in [0.15, 0.2) is 42.6 Å². The van der Waals surface area contributed by atoms with Crippen molar-refractivity contribution in [3.05, 3.63) is 48.2 Å². The van der Waals surface area contributed by atoms with E-state index in [1.165, 1.54) is 0 Å². The van der Waals surface area contributed by atoms with Crippen LogP contribution in [0.5, 0.6) is 0 Å². The Labute approximate surface area is 99.6 Å². The largest absolute Gasteiger partial charge is 0.477 e. The van der Waals surface area contributed by atoms with Crippen molar-refractivity contribution in [3.8, 4) is 0 Å². The number of hydrogen-bond acceptors (Lipinski definition) is 1. The molecule has 2 aromatic rings. The van der Waals surface area contributed by atoms with Crippen LogP contribution >= 0.6 is 0 Å². The van der Waals surface area contributed by atoms with Crippen LogP contribution < -0.4 is 4.57 Å². The molecule has 1 N–H and O–H groups in total. The molecule has 3 nitrogen and oxygen atoms in total. The van der Waals surface area contributed by atoms with Crippen LogP contribution in [0.4, 0.5) is 0 Å². The second kappa shape index (κ2) is 4.78. The number of fused-ring (bicyclic) bond motifs is 1. The molecule has 0 aliphatic heterocycles. The highest BCUT2D eigenvalue weighted by Gasteiger charge is 2.13. The van der Waals surface area contributed by atoms with Crippen molar-refractivity contribution < 1.29 is 14.5 Å². The molecule has 0 unspecified atom stereocenters. The van der Waals surface area contributed by atoms with Gasteiger partial charge in [-0.25, -0.2) is 4.79 Å². The second-order valence-corrected chi connectivity index (χ2v) is 3.81. The first-order valence-corrected chi connectivity index (χ1v) is 5.48. The Morgan fingerprint density at radius 1 is 1.35 bits per heavy atom. The van der Waals surface area contributed by atoms with Crippen LogP contribution in [0.25, 0.3) is 17.0 Å². The highest BCUT2D eigenvalue weighted by atomic mass is 16.4. The van der Waals surface area contributed by atoms with E-state index in [4.69, 9.17) is 5.11 Å². The third-order valence-corrected chi connectivity index (χ3v) is 2.61. The zero-order chi connectivity index (χ0) is 12.3. The number of carboxylic acid groups (broad SMARTS) is 1. The SMILES string of the molecule is CC=Cc1cc[n+](CC(=O)O)c2ccccc12. The van der Waals surface area contributed by atoms with Crippen molar-refractivity contribution in [3.63, 3.8) is 0 Å². The number of benzene rings is 1. The number of carbonyl (C=O) groups is 1. The highest BCUT2D eigenvalue weighted by molar-refractivity contribution is 5.85. The molecule has 0 saturated heterocycles. The smallest absolute Gasteiger partial charge is 0.370 e. The van der Waals surface area contributed by atoms with Gasteiger partial charge in [-0.15, -0.1) is 0 Å². The fraction of sp³-hybridized carbons (Fsp3) is 0.143. The maximum atomic E-state index is 10.8. The van der Waals surface area contributed by atoms with Gasteiger partial charge in [0.25, 0.3) is 0 Å². The first-order chi connectivity index (χ1) is 8.22. The number of allylic oxidation sites excluding steroid dienone is 1. The summed E-state index contributed by atoms with van der Waals surface area (Å²) >= 11 is 0. The monoisotopic (exact) mass is 228 g/mol. The van der Waals surface area contributed by atoms with Crippen LogP contribution in [-0.2, 0) is 11.3 Å². The van der Waals surface area contributed by atoms with Crippen molar-refractivity contribution in [1.82, 2.24) is 0 Å². The number of carboxylic acids is 1. The van der Waals surface area contributed by atoms with E-state index in [1.807, 2.05) is 55.6 Å². The Hall–Kier alpha value is -2.16. The predicted octanol–water partition coefficient (Wildman–Crippen LogP) is 2.25. The molecule has 0 atom stereocenters. The average molecular weight is 228 g/mol. The Kier molecular flexibility index (Phi) is 3.19. The van der Waals surface area contributed by atoms with E-state index < -0.39 is 5.97 Å². The third-order valence-electron chi connectivity index (χ3n) is 2.61. The summed E-state index contributed by atoms with van der Waals surface area (Å²) in [6.07, 6.45) is 5.81. The lowest BCUT2D eigenvalue weighted by Crippen LogP contribution is -2.38. The Morgan fingerprint density at radius 2 is 2.12 bits per heavy atom. The summed E-state index contributed by atoms with van der Waals surface area (Å²) in [7, 11) is 0. The molecule has 0 saturated carbocycles. The van der Waals surface area contributed by atoms with Crippen LogP contribution in [0.2, 0.25) is 0 Å². The second-order valence-electron chi connectivity index (χ2n) is 3.81. The Bertz CT molecular complexity index is 588. The molecular weight excluding hydrogens is 214 g/mol. The van der Waals surface area contributed by atoms with E-state index in [0.29, 0.717) is 0 Å². The molecule has 1 aromatic heterocycles. The molecule has 2 rings (SSSR count). The van der Waals surface area contributed by atoms with Gasteiger partial charge in [0.1, 0.15) is 0 Å². The van der Waals surface area contributed by atoms with E-state index in [1.54, 1.807) is 4.57 Å². The summed E-state index contributed by atoms with van der Waals surface area (Å²) in [6.45, 7) is 1.95. The van der Waals surface area contributed by atoms with Gasteiger partial charge in [0.15, 0.2) is 6.20 Å². The number of aromatic nitrogens is 1. The van der Waals surface area contributed by atoms with E-state index in [0.717, 1.165) is 16.5 Å². The van der Waals surface area contributed by atoms with Crippen molar-refractivity contribution in [2.24, 2.45) is 0 Å². The number of pyridine rings is 1. The first kappa shape index (κ1) is 11.3. The van der Waals surface area contributed by atoms with Crippen LogP contribution in [0.3, 0.4) is 0 Å². The minimum Gasteiger partial charge on any atom is -0.477 e. The van der Waals surface area contributed by atoms with E-state index in [2.05, 4.69) is 0 Å². The molecule has 0 aliphatic carbocycles. The van der Waals surface area contributed by atoms with Gasteiger partial charge < -0.3 is 5.11 Å². The lowest BCUT2D eigenvalue weighted by molar-refractivity contribution is -0.660. The van der Waals surface area contributed by atoms with Gasteiger partial charge in [-0.3, -0.25) is 0 Å². The van der Waals surface area contributed by atoms with Crippen LogP contribution in [0.1, 0.15) is 12.5 Å². The number of para-hydroxylation sites is 1. The lowest BCUT2D eigenvalue weighted by atomic mass is 10.1. The molecule has 0 fully saturated rings. The van der Waals surface area contributed by atoms with Gasteiger partial charge in [-0.05, 0) is 18.6 Å². The van der Waals surface area contributed by atoms with Gasteiger partial charge in [-0.2, -0.15) is 4.57 Å². The quantitative estimate of drug-likeness (QED) is 0.818. The molecule has 0 amide bonds. The van der Waals surface area contributed by atoms with Crippen molar-refractivity contribution in [1.29, 1.82) is 0 Å². The van der Waals surface area contributed by atoms with Gasteiger partial charge >= 0.3 is 5.97 Å². The highest BCUT2D eigenvalue weighted by Crippen LogP contribution is 2.16. The minimum absolute atomic E-state index is 0.0172. The molecular formula is C14H14NO2+. The molecule has 86 valence electrons. The fourth-order valence-corrected chi connectivity index (χ4v) is 1.92. The number of aliphatic carboxylic acids is 1. The Balaban J connectivity index is 2.66. The number of hydrogen-bond donors (Lipinski definition) is 1. The molecule has 0 radical (unpaired) electrons. The summed E-state index contributed by atoms with van der Waals surface area (Å²) in [5.41, 5.74) is 2.04.